The molecule has 1 aliphatic heterocycles. The molecule has 5 rings (SSSR count). The number of ether oxygens (including phenoxy) is 1. The summed E-state index contributed by atoms with van der Waals surface area (Å²) in [6.07, 6.45) is 1.56. The summed E-state index contributed by atoms with van der Waals surface area (Å²) in [6.45, 7) is 0.558. The molecular weight excluding hydrogens is 480 g/mol. The molecule has 0 spiro atoms. The van der Waals surface area contributed by atoms with Gasteiger partial charge in [0.2, 0.25) is 11.8 Å². The molecule has 1 N–H and O–H groups in total. The van der Waals surface area contributed by atoms with Crippen molar-refractivity contribution in [3.63, 3.8) is 0 Å². The SMILES string of the molecule is O=C(NC[C@@H]1CCCO1)[C@@H](c1ccc(F)cc1)N(C(=O)Cn1nnc2ccccc21)c1ccccc1F. The Hall–Kier alpha value is -4.18. The van der Waals surface area contributed by atoms with Crippen LogP contribution in [0.2, 0.25) is 0 Å². The molecule has 0 aliphatic carbocycles. The predicted octanol–water partition coefficient (Wildman–Crippen LogP) is 3.78. The molecule has 8 nitrogen and oxygen atoms in total. The number of amides is 2. The topological polar surface area (TPSA) is 89.4 Å². The molecule has 190 valence electrons. The first-order valence-electron chi connectivity index (χ1n) is 12.0. The van der Waals surface area contributed by atoms with Gasteiger partial charge in [-0.25, -0.2) is 13.5 Å². The zero-order chi connectivity index (χ0) is 25.8. The number of carbonyl (C=O) groups is 2. The second-order valence-corrected chi connectivity index (χ2v) is 8.79. The lowest BCUT2D eigenvalue weighted by molar-refractivity contribution is -0.127. The molecule has 3 aromatic carbocycles. The third-order valence-corrected chi connectivity index (χ3v) is 6.31. The fourth-order valence-corrected chi connectivity index (χ4v) is 4.48. The van der Waals surface area contributed by atoms with Crippen LogP contribution in [0.25, 0.3) is 11.0 Å². The molecule has 10 heteroatoms. The lowest BCUT2D eigenvalue weighted by Gasteiger charge is -2.32. The first kappa shape index (κ1) is 24.5. The number of fused-ring (bicyclic) bond motifs is 1. The number of carbonyl (C=O) groups excluding carboxylic acids is 2. The number of nitrogens with zero attached hydrogens (tertiary/aromatic N) is 4. The van der Waals surface area contributed by atoms with Crippen LogP contribution in [0.15, 0.2) is 72.8 Å². The van der Waals surface area contributed by atoms with Crippen LogP contribution in [0.4, 0.5) is 14.5 Å². The number of hydrogen-bond acceptors (Lipinski definition) is 5. The Balaban J connectivity index is 1.54. The molecule has 1 fully saturated rings. The van der Waals surface area contributed by atoms with Gasteiger partial charge in [0.05, 0.1) is 17.3 Å². The Morgan fingerprint density at radius 3 is 2.57 bits per heavy atom. The molecule has 1 saturated heterocycles. The van der Waals surface area contributed by atoms with Crippen molar-refractivity contribution in [1.29, 1.82) is 0 Å². The van der Waals surface area contributed by atoms with Crippen molar-refractivity contribution in [3.8, 4) is 0 Å². The highest BCUT2D eigenvalue weighted by Gasteiger charge is 2.35. The van der Waals surface area contributed by atoms with Gasteiger partial charge >= 0.3 is 0 Å². The van der Waals surface area contributed by atoms with Crippen LogP contribution in [-0.4, -0.2) is 46.1 Å². The molecule has 1 aliphatic rings. The standard InChI is InChI=1S/C27H25F2N5O3/c28-19-13-11-18(12-14-19)26(27(36)30-16-20-6-5-15-37-20)34(23-9-3-1-7-21(23)29)25(35)17-33-24-10-4-2-8-22(24)31-32-33/h1-4,7-14,20,26H,5-6,15-17H2,(H,30,36)/t20-,26+/m0/s1. The summed E-state index contributed by atoms with van der Waals surface area (Å²) in [5, 5.41) is 11.0. The summed E-state index contributed by atoms with van der Waals surface area (Å²) in [7, 11) is 0. The van der Waals surface area contributed by atoms with Crippen molar-refractivity contribution in [1.82, 2.24) is 20.3 Å². The van der Waals surface area contributed by atoms with Gasteiger partial charge in [-0.15, -0.1) is 5.10 Å². The van der Waals surface area contributed by atoms with Crippen LogP contribution in [0, 0.1) is 11.6 Å². The van der Waals surface area contributed by atoms with Crippen molar-refractivity contribution >= 4 is 28.5 Å². The minimum atomic E-state index is -1.28. The fraction of sp³-hybridized carbons (Fsp3) is 0.259. The lowest BCUT2D eigenvalue weighted by atomic mass is 10.0. The summed E-state index contributed by atoms with van der Waals surface area (Å²) in [5.41, 5.74) is 1.45. The second kappa shape index (κ2) is 10.8. The van der Waals surface area contributed by atoms with Crippen molar-refractivity contribution < 1.29 is 23.1 Å². The van der Waals surface area contributed by atoms with E-state index >= 15 is 4.39 Å². The van der Waals surface area contributed by atoms with Gasteiger partial charge in [0.25, 0.3) is 0 Å². The Morgan fingerprint density at radius 2 is 1.81 bits per heavy atom. The molecule has 1 aromatic heterocycles. The van der Waals surface area contributed by atoms with Gasteiger partial charge in [0, 0.05) is 13.2 Å². The number of anilines is 1. The average Bonchev–Trinajstić information content (AvgIpc) is 3.58. The monoisotopic (exact) mass is 505 g/mol. The molecule has 0 unspecified atom stereocenters. The van der Waals surface area contributed by atoms with Gasteiger partial charge in [-0.05, 0) is 54.8 Å². The minimum Gasteiger partial charge on any atom is -0.376 e. The highest BCUT2D eigenvalue weighted by atomic mass is 19.1. The summed E-state index contributed by atoms with van der Waals surface area (Å²) in [4.78, 5) is 28.6. The van der Waals surface area contributed by atoms with E-state index in [1.807, 2.05) is 0 Å². The molecule has 2 heterocycles. The van der Waals surface area contributed by atoms with E-state index in [1.165, 1.54) is 47.1 Å². The van der Waals surface area contributed by atoms with Crippen LogP contribution < -0.4 is 10.2 Å². The first-order chi connectivity index (χ1) is 18.0. The Kier molecular flexibility index (Phi) is 7.18. The van der Waals surface area contributed by atoms with E-state index in [2.05, 4.69) is 15.6 Å². The molecule has 0 bridgehead atoms. The van der Waals surface area contributed by atoms with E-state index in [4.69, 9.17) is 4.74 Å². The number of rotatable bonds is 8. The largest absolute Gasteiger partial charge is 0.376 e. The number of halogens is 2. The molecule has 2 atom stereocenters. The summed E-state index contributed by atoms with van der Waals surface area (Å²) in [6, 6.07) is 16.8. The van der Waals surface area contributed by atoms with Crippen LogP contribution in [0.1, 0.15) is 24.4 Å². The third-order valence-electron chi connectivity index (χ3n) is 6.31. The van der Waals surface area contributed by atoms with Crippen molar-refractivity contribution in [2.24, 2.45) is 0 Å². The Labute approximate surface area is 211 Å². The van der Waals surface area contributed by atoms with Gasteiger partial charge in [0.1, 0.15) is 29.7 Å². The van der Waals surface area contributed by atoms with Gasteiger partial charge in [-0.1, -0.05) is 41.6 Å². The van der Waals surface area contributed by atoms with Gasteiger partial charge in [-0.2, -0.15) is 0 Å². The highest BCUT2D eigenvalue weighted by Crippen LogP contribution is 2.31. The maximum Gasteiger partial charge on any atom is 0.249 e. The van der Waals surface area contributed by atoms with Crippen LogP contribution in [0.3, 0.4) is 0 Å². The van der Waals surface area contributed by atoms with E-state index in [1.54, 1.807) is 30.3 Å². The Bertz CT molecular complexity index is 1400. The molecule has 0 radical (unpaired) electrons. The van der Waals surface area contributed by atoms with Crippen molar-refractivity contribution in [2.75, 3.05) is 18.1 Å². The zero-order valence-corrected chi connectivity index (χ0v) is 19.9. The van der Waals surface area contributed by atoms with Crippen LogP contribution >= 0.6 is 0 Å². The highest BCUT2D eigenvalue weighted by molar-refractivity contribution is 6.01. The number of nitrogens with one attached hydrogen (secondary N) is 1. The van der Waals surface area contributed by atoms with Crippen molar-refractivity contribution in [3.05, 3.63) is 90.0 Å². The summed E-state index contributed by atoms with van der Waals surface area (Å²) in [5.74, 6) is -2.32. The van der Waals surface area contributed by atoms with E-state index < -0.39 is 29.5 Å². The summed E-state index contributed by atoms with van der Waals surface area (Å²) >= 11 is 0. The number of benzene rings is 3. The number of hydrogen-bond donors (Lipinski definition) is 1. The molecule has 0 saturated carbocycles. The average molecular weight is 506 g/mol. The van der Waals surface area contributed by atoms with Gasteiger partial charge < -0.3 is 10.1 Å². The lowest BCUT2D eigenvalue weighted by Crippen LogP contribution is -2.47. The molecular formula is C27H25F2N5O3. The van der Waals surface area contributed by atoms with Gasteiger partial charge in [-0.3, -0.25) is 14.5 Å². The summed E-state index contributed by atoms with van der Waals surface area (Å²) < 4.78 is 35.9. The molecule has 4 aromatic rings. The quantitative estimate of drug-likeness (QED) is 0.394. The van der Waals surface area contributed by atoms with Crippen LogP contribution in [-0.2, 0) is 20.9 Å². The van der Waals surface area contributed by atoms with Gasteiger partial charge in [0.15, 0.2) is 0 Å². The predicted molar refractivity (Wildman–Crippen MR) is 133 cm³/mol. The smallest absolute Gasteiger partial charge is 0.249 e. The second-order valence-electron chi connectivity index (χ2n) is 8.79. The third kappa shape index (κ3) is 5.34. The Morgan fingerprint density at radius 1 is 1.05 bits per heavy atom. The molecule has 37 heavy (non-hydrogen) atoms. The van der Waals surface area contributed by atoms with E-state index in [-0.39, 0.29) is 24.9 Å². The minimum absolute atomic E-state index is 0.0847. The van der Waals surface area contributed by atoms with Crippen molar-refractivity contribution in [2.45, 2.75) is 31.5 Å². The maximum absolute atomic E-state index is 15.1. The zero-order valence-electron chi connectivity index (χ0n) is 19.9. The van der Waals surface area contributed by atoms with Crippen LogP contribution in [0.5, 0.6) is 0 Å². The number of para-hydroxylation sites is 2. The number of aromatic nitrogens is 3. The molecule has 2 amide bonds. The van der Waals surface area contributed by atoms with E-state index in [9.17, 15) is 14.0 Å². The normalized spacial score (nSPS) is 16.0. The van der Waals surface area contributed by atoms with E-state index in [0.717, 1.165) is 17.7 Å². The first-order valence-corrected chi connectivity index (χ1v) is 12.0. The maximum atomic E-state index is 15.1. The van der Waals surface area contributed by atoms with E-state index in [0.29, 0.717) is 23.2 Å². The fourth-order valence-electron chi connectivity index (χ4n) is 4.48.